The summed E-state index contributed by atoms with van der Waals surface area (Å²) in [7, 11) is 1.47. The van der Waals surface area contributed by atoms with Gasteiger partial charge < -0.3 is 0 Å². The summed E-state index contributed by atoms with van der Waals surface area (Å²) in [5, 5.41) is 0. The number of esters is 1. The molecule has 0 spiro atoms. The van der Waals surface area contributed by atoms with E-state index < -0.39 is 0 Å². The van der Waals surface area contributed by atoms with E-state index in [1.807, 2.05) is 18.2 Å². The molecule has 0 aromatic heterocycles. The Balaban J connectivity index is 2.19. The second-order valence-corrected chi connectivity index (χ2v) is 8.79. The molecule has 2 nitrogen and oxygen atoms in total. The molecular weight excluding hydrogens is 375 g/mol. The van der Waals surface area contributed by atoms with Gasteiger partial charge in [-0.2, -0.15) is 0 Å². The van der Waals surface area contributed by atoms with Gasteiger partial charge >= 0.3 is 147 Å². The van der Waals surface area contributed by atoms with Crippen molar-refractivity contribution in [1.29, 1.82) is 0 Å². The monoisotopic (exact) mass is 410 g/mol. The summed E-state index contributed by atoms with van der Waals surface area (Å²) in [5.74, 6) is -0.170. The first-order chi connectivity index (χ1) is 12.3. The van der Waals surface area contributed by atoms with Gasteiger partial charge in [0.1, 0.15) is 0 Å². The molecule has 0 aliphatic heterocycles. The molecule has 0 heterocycles. The van der Waals surface area contributed by atoms with Crippen LogP contribution in [0.1, 0.15) is 77.6 Å². The van der Waals surface area contributed by atoms with Crippen molar-refractivity contribution in [2.45, 2.75) is 77.6 Å². The molecule has 0 unspecified atom stereocenters. The number of carbonyl (C=O) groups is 1. The molecule has 3 heteroatoms. The molecule has 0 bridgehead atoms. The van der Waals surface area contributed by atoms with E-state index in [0.717, 1.165) is 10.9 Å². The van der Waals surface area contributed by atoms with Gasteiger partial charge in [0.05, 0.1) is 0 Å². The Morgan fingerprint density at radius 2 is 1.48 bits per heavy atom. The van der Waals surface area contributed by atoms with Crippen LogP contribution in [0.15, 0.2) is 40.9 Å². The number of hydrogen-bond donors (Lipinski definition) is 0. The van der Waals surface area contributed by atoms with Crippen LogP contribution in [0.5, 0.6) is 0 Å². The summed E-state index contributed by atoms with van der Waals surface area (Å²) >= 11 is 0.0346. The van der Waals surface area contributed by atoms with Crippen molar-refractivity contribution in [3.05, 3.63) is 40.9 Å². The van der Waals surface area contributed by atoms with Crippen molar-refractivity contribution in [1.82, 2.24) is 0 Å². The van der Waals surface area contributed by atoms with Gasteiger partial charge in [-0.05, 0) is 0 Å². The Hall–Kier alpha value is -1.05. The number of ether oxygens (including phenoxy) is 1. The first-order valence-electron chi connectivity index (χ1n) is 9.79. The quantitative estimate of drug-likeness (QED) is 0.178. The predicted molar refractivity (Wildman–Crippen MR) is 108 cm³/mol. The van der Waals surface area contributed by atoms with Crippen LogP contribution in [0.2, 0.25) is 0 Å². The number of carbonyl (C=O) groups excluding carboxylic acids is 1. The maximum atomic E-state index is 12.0. The summed E-state index contributed by atoms with van der Waals surface area (Å²) in [5.41, 5.74) is 0. The average molecular weight is 409 g/mol. The fraction of sp³-hybridized carbons (Fsp3) is 0.591. The Kier molecular flexibility index (Phi) is 13.4. The number of benzene rings is 1. The van der Waals surface area contributed by atoms with Crippen LogP contribution in [0.25, 0.3) is 0 Å². The Bertz CT molecular complexity index is 482. The first-order valence-corrected chi connectivity index (χ1v) is 11.5. The van der Waals surface area contributed by atoms with Gasteiger partial charge in [-0.15, -0.1) is 0 Å². The average Bonchev–Trinajstić information content (AvgIpc) is 2.65. The third-order valence-electron chi connectivity index (χ3n) is 4.25. The Labute approximate surface area is 160 Å². The van der Waals surface area contributed by atoms with E-state index in [2.05, 4.69) is 25.1 Å². The van der Waals surface area contributed by atoms with Gasteiger partial charge in [0.25, 0.3) is 0 Å². The van der Waals surface area contributed by atoms with E-state index in [-0.39, 0.29) is 20.9 Å². The van der Waals surface area contributed by atoms with Crippen LogP contribution in [-0.2, 0) is 9.53 Å². The molecule has 0 amide bonds. The van der Waals surface area contributed by atoms with E-state index in [0.29, 0.717) is 0 Å². The van der Waals surface area contributed by atoms with Crippen LogP contribution in [0, 0.1) is 0 Å². The first kappa shape index (κ1) is 22.0. The molecule has 0 radical (unpaired) electrons. The van der Waals surface area contributed by atoms with Gasteiger partial charge in [0.2, 0.25) is 0 Å². The molecular formula is C22H34O2Se. The fourth-order valence-corrected chi connectivity index (χ4v) is 4.67. The molecule has 0 N–H and O–H groups in total. The molecule has 25 heavy (non-hydrogen) atoms. The van der Waals surface area contributed by atoms with E-state index in [1.54, 1.807) is 0 Å². The van der Waals surface area contributed by atoms with Crippen LogP contribution in [0.3, 0.4) is 0 Å². The summed E-state index contributed by atoms with van der Waals surface area (Å²) < 4.78 is 7.01. The molecule has 0 fully saturated rings. The molecule has 140 valence electrons. The standard InChI is InChI=1S/C22H34O2Se/c1-3-4-5-6-7-8-9-10-11-12-16-19-21(22(23)24-2)25-20-17-14-13-15-18-20/h13-15,17-19H,3-12,16H2,1-2H3/b21-19+. The van der Waals surface area contributed by atoms with Crippen LogP contribution in [-0.4, -0.2) is 28.0 Å². The fourth-order valence-electron chi connectivity index (χ4n) is 2.75. The Morgan fingerprint density at radius 1 is 0.920 bits per heavy atom. The molecule has 0 atom stereocenters. The minimum atomic E-state index is -0.170. The number of unbranched alkanes of at least 4 members (excludes halogenated alkanes) is 10. The maximum absolute atomic E-state index is 12.0. The van der Waals surface area contributed by atoms with Crippen molar-refractivity contribution in [2.75, 3.05) is 7.11 Å². The second-order valence-electron chi connectivity index (χ2n) is 6.45. The zero-order valence-electron chi connectivity index (χ0n) is 16.0. The topological polar surface area (TPSA) is 26.3 Å². The number of methoxy groups -OCH3 is 1. The second kappa shape index (κ2) is 15.2. The molecule has 1 aromatic rings. The molecule has 0 saturated carbocycles. The molecule has 1 aromatic carbocycles. The molecule has 0 aliphatic carbocycles. The minimum absolute atomic E-state index is 0.0346. The van der Waals surface area contributed by atoms with Crippen molar-refractivity contribution < 1.29 is 9.53 Å². The third kappa shape index (κ3) is 11.2. The zero-order chi connectivity index (χ0) is 18.2. The molecule has 0 aliphatic rings. The van der Waals surface area contributed by atoms with E-state index >= 15 is 0 Å². The Morgan fingerprint density at radius 3 is 2.04 bits per heavy atom. The summed E-state index contributed by atoms with van der Waals surface area (Å²) in [6.45, 7) is 2.26. The van der Waals surface area contributed by atoms with E-state index in [4.69, 9.17) is 4.74 Å². The summed E-state index contributed by atoms with van der Waals surface area (Å²) in [6, 6.07) is 10.2. The zero-order valence-corrected chi connectivity index (χ0v) is 17.7. The predicted octanol–water partition coefficient (Wildman–Crippen LogP) is 5.38. The summed E-state index contributed by atoms with van der Waals surface area (Å²) in [6.07, 6.45) is 16.5. The van der Waals surface area contributed by atoms with Crippen LogP contribution in [0.4, 0.5) is 0 Å². The van der Waals surface area contributed by atoms with E-state index in [1.165, 1.54) is 75.8 Å². The van der Waals surface area contributed by atoms with Crippen LogP contribution >= 0.6 is 0 Å². The normalized spacial score (nSPS) is 11.5. The van der Waals surface area contributed by atoms with E-state index in [9.17, 15) is 4.79 Å². The van der Waals surface area contributed by atoms with Crippen molar-refractivity contribution >= 4 is 25.4 Å². The van der Waals surface area contributed by atoms with Crippen molar-refractivity contribution in [3.8, 4) is 0 Å². The summed E-state index contributed by atoms with van der Waals surface area (Å²) in [4.78, 5) is 12.0. The van der Waals surface area contributed by atoms with Crippen molar-refractivity contribution in [3.63, 3.8) is 0 Å². The molecule has 0 saturated heterocycles. The van der Waals surface area contributed by atoms with Gasteiger partial charge in [-0.1, -0.05) is 13.3 Å². The van der Waals surface area contributed by atoms with Gasteiger partial charge in [-0.25, -0.2) is 0 Å². The molecule has 1 rings (SSSR count). The van der Waals surface area contributed by atoms with Gasteiger partial charge in [-0.3, -0.25) is 0 Å². The van der Waals surface area contributed by atoms with Crippen molar-refractivity contribution in [2.24, 2.45) is 0 Å². The van der Waals surface area contributed by atoms with Crippen LogP contribution < -0.4 is 4.46 Å². The number of allylic oxidation sites excluding steroid dienone is 1. The third-order valence-corrected chi connectivity index (χ3v) is 6.47. The number of rotatable bonds is 14. The van der Waals surface area contributed by atoms with Gasteiger partial charge in [0, 0.05) is 0 Å². The van der Waals surface area contributed by atoms with Gasteiger partial charge in [0.15, 0.2) is 0 Å². The SMILES string of the molecule is CCCCCCCCCCCC/C=C(/[Se]c1ccccc1)C(=O)OC. The number of hydrogen-bond acceptors (Lipinski definition) is 2.